The van der Waals surface area contributed by atoms with E-state index in [4.69, 9.17) is 10.5 Å². The average molecular weight is 273 g/mol. The van der Waals surface area contributed by atoms with E-state index in [1.165, 1.54) is 11.1 Å². The van der Waals surface area contributed by atoms with E-state index in [1.54, 1.807) is 6.07 Å². The van der Waals surface area contributed by atoms with E-state index in [2.05, 4.69) is 38.0 Å². The Kier molecular flexibility index (Phi) is 4.66. The van der Waals surface area contributed by atoms with Gasteiger partial charge < -0.3 is 10.5 Å². The van der Waals surface area contributed by atoms with Crippen LogP contribution in [0, 0.1) is 6.92 Å². The normalized spacial score (nSPS) is 11.0. The van der Waals surface area contributed by atoms with Crippen LogP contribution in [0.1, 0.15) is 37.3 Å². The van der Waals surface area contributed by atoms with Gasteiger partial charge in [-0.2, -0.15) is 5.10 Å². The predicted octanol–water partition coefficient (Wildman–Crippen LogP) is 3.37. The number of ether oxygens (including phenoxy) is 1. The summed E-state index contributed by atoms with van der Waals surface area (Å²) in [5.74, 6) is 2.05. The van der Waals surface area contributed by atoms with Gasteiger partial charge in [-0.3, -0.25) is 4.68 Å². The smallest absolute Gasteiger partial charge is 0.145 e. The molecule has 0 aliphatic rings. The van der Waals surface area contributed by atoms with Crippen molar-refractivity contribution in [1.82, 2.24) is 9.78 Å². The predicted molar refractivity (Wildman–Crippen MR) is 82.0 cm³/mol. The second kappa shape index (κ2) is 6.46. The highest BCUT2D eigenvalue weighted by atomic mass is 16.5. The summed E-state index contributed by atoms with van der Waals surface area (Å²) < 4.78 is 7.62. The van der Waals surface area contributed by atoms with Crippen molar-refractivity contribution in [2.75, 3.05) is 12.3 Å². The van der Waals surface area contributed by atoms with Crippen LogP contribution in [0.25, 0.3) is 0 Å². The van der Waals surface area contributed by atoms with E-state index in [0.29, 0.717) is 18.3 Å². The molecule has 2 aromatic rings. The third kappa shape index (κ3) is 3.76. The Hall–Kier alpha value is -1.97. The highest BCUT2D eigenvalue weighted by Gasteiger charge is 2.04. The van der Waals surface area contributed by atoms with Gasteiger partial charge in [0.2, 0.25) is 0 Å². The summed E-state index contributed by atoms with van der Waals surface area (Å²) in [6.07, 6.45) is 2.79. The molecule has 0 atom stereocenters. The Labute approximate surface area is 120 Å². The van der Waals surface area contributed by atoms with Crippen LogP contribution >= 0.6 is 0 Å². The molecule has 2 N–H and O–H groups in total. The molecule has 0 aliphatic heterocycles. The Morgan fingerprint density at radius 1 is 1.30 bits per heavy atom. The van der Waals surface area contributed by atoms with Crippen molar-refractivity contribution in [2.24, 2.45) is 0 Å². The molecule has 1 heterocycles. The minimum Gasteiger partial charge on any atom is -0.494 e. The molecule has 20 heavy (non-hydrogen) atoms. The number of anilines is 1. The maximum Gasteiger partial charge on any atom is 0.145 e. The van der Waals surface area contributed by atoms with E-state index < -0.39 is 0 Å². The lowest BCUT2D eigenvalue weighted by atomic mass is 9.98. The van der Waals surface area contributed by atoms with E-state index >= 15 is 0 Å². The first-order chi connectivity index (χ1) is 9.56. The van der Waals surface area contributed by atoms with Crippen LogP contribution in [0.15, 0.2) is 30.5 Å². The Morgan fingerprint density at radius 2 is 2.10 bits per heavy atom. The molecule has 0 unspecified atom stereocenters. The van der Waals surface area contributed by atoms with E-state index in [9.17, 15) is 0 Å². The molecular formula is C16H23N3O. The Bertz CT molecular complexity index is 561. The van der Waals surface area contributed by atoms with Crippen LogP contribution in [0.5, 0.6) is 5.75 Å². The molecular weight excluding hydrogens is 250 g/mol. The number of hydrogen-bond donors (Lipinski definition) is 1. The summed E-state index contributed by atoms with van der Waals surface area (Å²) in [5, 5.41) is 4.14. The molecule has 0 spiro atoms. The highest BCUT2D eigenvalue weighted by Crippen LogP contribution is 2.23. The molecule has 0 fully saturated rings. The van der Waals surface area contributed by atoms with Crippen molar-refractivity contribution in [3.8, 4) is 5.75 Å². The third-order valence-electron chi connectivity index (χ3n) is 3.32. The van der Waals surface area contributed by atoms with E-state index in [-0.39, 0.29) is 0 Å². The SMILES string of the molecule is Cc1cc(OCCCn2ccc(N)n2)ccc1C(C)C. The zero-order chi connectivity index (χ0) is 14.5. The van der Waals surface area contributed by atoms with E-state index in [1.807, 2.05) is 16.9 Å². The first-order valence-corrected chi connectivity index (χ1v) is 7.08. The topological polar surface area (TPSA) is 53.1 Å². The number of aromatic nitrogens is 2. The lowest BCUT2D eigenvalue weighted by Gasteiger charge is -2.12. The van der Waals surface area contributed by atoms with Crippen molar-refractivity contribution in [2.45, 2.75) is 39.7 Å². The largest absolute Gasteiger partial charge is 0.494 e. The quantitative estimate of drug-likeness (QED) is 0.821. The zero-order valence-electron chi connectivity index (χ0n) is 12.5. The van der Waals surface area contributed by atoms with Crippen LogP contribution in [-0.2, 0) is 6.54 Å². The lowest BCUT2D eigenvalue weighted by molar-refractivity contribution is 0.298. The number of rotatable bonds is 6. The summed E-state index contributed by atoms with van der Waals surface area (Å²) in [7, 11) is 0. The molecule has 108 valence electrons. The fraction of sp³-hybridized carbons (Fsp3) is 0.438. The van der Waals surface area contributed by atoms with Crippen molar-refractivity contribution < 1.29 is 4.74 Å². The molecule has 2 rings (SSSR count). The van der Waals surface area contributed by atoms with Crippen molar-refractivity contribution in [3.05, 3.63) is 41.6 Å². The van der Waals surface area contributed by atoms with Crippen molar-refractivity contribution in [3.63, 3.8) is 0 Å². The first kappa shape index (κ1) is 14.4. The van der Waals surface area contributed by atoms with Crippen LogP contribution in [-0.4, -0.2) is 16.4 Å². The maximum atomic E-state index is 5.78. The van der Waals surface area contributed by atoms with Gasteiger partial charge in [-0.1, -0.05) is 19.9 Å². The van der Waals surface area contributed by atoms with Crippen LogP contribution < -0.4 is 10.5 Å². The fourth-order valence-corrected chi connectivity index (χ4v) is 2.30. The second-order valence-corrected chi connectivity index (χ2v) is 5.38. The van der Waals surface area contributed by atoms with Gasteiger partial charge in [0.25, 0.3) is 0 Å². The van der Waals surface area contributed by atoms with Crippen molar-refractivity contribution >= 4 is 5.82 Å². The molecule has 1 aromatic carbocycles. The maximum absolute atomic E-state index is 5.78. The lowest BCUT2D eigenvalue weighted by Crippen LogP contribution is -2.05. The average Bonchev–Trinajstić information content (AvgIpc) is 2.80. The summed E-state index contributed by atoms with van der Waals surface area (Å²) in [5.41, 5.74) is 8.23. The standard InChI is InChI=1S/C16H23N3O/c1-12(2)15-6-5-14(11-13(15)3)20-10-4-8-19-9-7-16(17)18-19/h5-7,9,11-12H,4,8,10H2,1-3H3,(H2,17,18). The minimum absolute atomic E-state index is 0.550. The van der Waals surface area contributed by atoms with Gasteiger partial charge >= 0.3 is 0 Å². The Morgan fingerprint density at radius 3 is 2.70 bits per heavy atom. The molecule has 0 saturated carbocycles. The zero-order valence-corrected chi connectivity index (χ0v) is 12.5. The molecule has 0 bridgehead atoms. The fourth-order valence-electron chi connectivity index (χ4n) is 2.30. The summed E-state index contributed by atoms with van der Waals surface area (Å²) in [6, 6.07) is 8.12. The second-order valence-electron chi connectivity index (χ2n) is 5.38. The van der Waals surface area contributed by atoms with Gasteiger partial charge in [0.05, 0.1) is 6.61 Å². The summed E-state index contributed by atoms with van der Waals surface area (Å²) >= 11 is 0. The molecule has 0 saturated heterocycles. The van der Waals surface area contributed by atoms with E-state index in [0.717, 1.165) is 18.7 Å². The Balaban J connectivity index is 1.81. The van der Waals surface area contributed by atoms with Gasteiger partial charge in [-0.25, -0.2) is 0 Å². The van der Waals surface area contributed by atoms with Crippen LogP contribution in [0.4, 0.5) is 5.82 Å². The van der Waals surface area contributed by atoms with Gasteiger partial charge in [0.1, 0.15) is 11.6 Å². The molecule has 0 radical (unpaired) electrons. The van der Waals surface area contributed by atoms with Crippen molar-refractivity contribution in [1.29, 1.82) is 0 Å². The van der Waals surface area contributed by atoms with Gasteiger partial charge in [0, 0.05) is 19.2 Å². The highest BCUT2D eigenvalue weighted by molar-refractivity contribution is 5.36. The number of nitrogen functional groups attached to an aromatic ring is 1. The number of nitrogens with zero attached hydrogens (tertiary/aromatic N) is 2. The number of hydrogen-bond acceptors (Lipinski definition) is 3. The molecule has 0 amide bonds. The molecule has 4 heteroatoms. The third-order valence-corrected chi connectivity index (χ3v) is 3.32. The van der Waals surface area contributed by atoms with Gasteiger partial charge in [-0.05, 0) is 42.2 Å². The minimum atomic E-state index is 0.550. The number of nitrogens with two attached hydrogens (primary N) is 1. The number of aryl methyl sites for hydroxylation is 2. The summed E-state index contributed by atoms with van der Waals surface area (Å²) in [6.45, 7) is 8.05. The monoisotopic (exact) mass is 273 g/mol. The molecule has 4 nitrogen and oxygen atoms in total. The first-order valence-electron chi connectivity index (χ1n) is 7.08. The molecule has 1 aromatic heterocycles. The van der Waals surface area contributed by atoms with Crippen LogP contribution in [0.3, 0.4) is 0 Å². The molecule has 0 aliphatic carbocycles. The number of benzene rings is 1. The van der Waals surface area contributed by atoms with Crippen LogP contribution in [0.2, 0.25) is 0 Å². The van der Waals surface area contributed by atoms with Gasteiger partial charge in [-0.15, -0.1) is 0 Å². The summed E-state index contributed by atoms with van der Waals surface area (Å²) in [4.78, 5) is 0. The van der Waals surface area contributed by atoms with Gasteiger partial charge in [0.15, 0.2) is 0 Å².